The molecule has 1 atom stereocenters. The Morgan fingerprint density at radius 2 is 1.73 bits per heavy atom. The number of carbonyl (C=O) groups is 2. The molecule has 6 heteroatoms. The van der Waals surface area contributed by atoms with E-state index in [4.69, 9.17) is 11.6 Å². The van der Waals surface area contributed by atoms with Gasteiger partial charge in [-0.25, -0.2) is 0 Å². The SMILES string of the molecule is CCc1ccccc1NC(=O)CN(C)C(C)C(=O)Nc1ccc(Cl)cc1. The van der Waals surface area contributed by atoms with Crippen LogP contribution in [0.4, 0.5) is 11.4 Å². The van der Waals surface area contributed by atoms with Crippen LogP contribution in [0.1, 0.15) is 19.4 Å². The normalized spacial score (nSPS) is 11.9. The van der Waals surface area contributed by atoms with Gasteiger partial charge in [0.05, 0.1) is 12.6 Å². The van der Waals surface area contributed by atoms with Gasteiger partial charge in [-0.15, -0.1) is 0 Å². The fourth-order valence-electron chi connectivity index (χ4n) is 2.48. The van der Waals surface area contributed by atoms with Crippen molar-refractivity contribution in [2.75, 3.05) is 24.2 Å². The van der Waals surface area contributed by atoms with Crippen LogP contribution in [0.25, 0.3) is 0 Å². The molecule has 2 aromatic carbocycles. The summed E-state index contributed by atoms with van der Waals surface area (Å²) in [6, 6.07) is 14.1. The number of amides is 2. The molecule has 0 saturated carbocycles. The highest BCUT2D eigenvalue weighted by Gasteiger charge is 2.20. The van der Waals surface area contributed by atoms with E-state index in [1.165, 1.54) is 0 Å². The van der Waals surface area contributed by atoms with Gasteiger partial charge < -0.3 is 10.6 Å². The summed E-state index contributed by atoms with van der Waals surface area (Å²) < 4.78 is 0. The number of anilines is 2. The van der Waals surface area contributed by atoms with Gasteiger partial charge in [-0.3, -0.25) is 14.5 Å². The Bertz CT molecular complexity index is 762. The van der Waals surface area contributed by atoms with Crippen molar-refractivity contribution in [1.29, 1.82) is 0 Å². The summed E-state index contributed by atoms with van der Waals surface area (Å²) in [7, 11) is 1.75. The van der Waals surface area contributed by atoms with Crippen LogP contribution < -0.4 is 10.6 Å². The average Bonchev–Trinajstić information content (AvgIpc) is 2.63. The van der Waals surface area contributed by atoms with Gasteiger partial charge in [0.15, 0.2) is 0 Å². The molecule has 0 spiro atoms. The maximum atomic E-state index is 12.4. The number of halogens is 1. The second-order valence-electron chi connectivity index (χ2n) is 6.15. The Kier molecular flexibility index (Phi) is 7.18. The van der Waals surface area contributed by atoms with Crippen LogP contribution in [-0.2, 0) is 16.0 Å². The zero-order chi connectivity index (χ0) is 19.1. The smallest absolute Gasteiger partial charge is 0.241 e. The molecule has 2 amide bonds. The molecule has 0 aliphatic heterocycles. The van der Waals surface area contributed by atoms with Gasteiger partial charge in [-0.1, -0.05) is 36.7 Å². The number of aryl methyl sites for hydroxylation is 1. The zero-order valence-corrected chi connectivity index (χ0v) is 16.0. The quantitative estimate of drug-likeness (QED) is 0.776. The number of hydrogen-bond donors (Lipinski definition) is 2. The number of carbonyl (C=O) groups excluding carboxylic acids is 2. The van der Waals surface area contributed by atoms with Crippen molar-refractivity contribution in [1.82, 2.24) is 4.90 Å². The molecule has 2 aromatic rings. The zero-order valence-electron chi connectivity index (χ0n) is 15.3. The number of benzene rings is 2. The molecule has 2 N–H and O–H groups in total. The summed E-state index contributed by atoms with van der Waals surface area (Å²) >= 11 is 5.84. The summed E-state index contributed by atoms with van der Waals surface area (Å²) in [6.07, 6.45) is 0.839. The van der Waals surface area contributed by atoms with Crippen molar-refractivity contribution < 1.29 is 9.59 Å². The van der Waals surface area contributed by atoms with E-state index in [9.17, 15) is 9.59 Å². The molecule has 0 aliphatic rings. The van der Waals surface area contributed by atoms with Crippen LogP contribution in [0.3, 0.4) is 0 Å². The third-order valence-corrected chi connectivity index (χ3v) is 4.47. The Morgan fingerprint density at radius 1 is 1.08 bits per heavy atom. The molecule has 0 fully saturated rings. The average molecular weight is 374 g/mol. The fourth-order valence-corrected chi connectivity index (χ4v) is 2.61. The lowest BCUT2D eigenvalue weighted by molar-refractivity contribution is -0.122. The van der Waals surface area contributed by atoms with E-state index in [1.54, 1.807) is 43.1 Å². The van der Waals surface area contributed by atoms with Crippen LogP contribution >= 0.6 is 11.6 Å². The highest BCUT2D eigenvalue weighted by Crippen LogP contribution is 2.16. The number of rotatable bonds is 7. The third kappa shape index (κ3) is 5.58. The first-order chi connectivity index (χ1) is 12.4. The Balaban J connectivity index is 1.90. The molecular formula is C20H24ClN3O2. The molecule has 0 saturated heterocycles. The number of likely N-dealkylation sites (N-methyl/N-ethyl adjacent to an activating group) is 1. The number of nitrogens with one attached hydrogen (secondary N) is 2. The van der Waals surface area contributed by atoms with Gasteiger partial charge in [0.2, 0.25) is 11.8 Å². The monoisotopic (exact) mass is 373 g/mol. The molecule has 5 nitrogen and oxygen atoms in total. The molecule has 0 aliphatic carbocycles. The van der Waals surface area contributed by atoms with Crippen LogP contribution in [0, 0.1) is 0 Å². The lowest BCUT2D eigenvalue weighted by Crippen LogP contribution is -2.43. The number of para-hydroxylation sites is 1. The third-order valence-electron chi connectivity index (χ3n) is 4.22. The molecular weight excluding hydrogens is 350 g/mol. The van der Waals surface area contributed by atoms with Gasteiger partial charge in [-0.2, -0.15) is 0 Å². The van der Waals surface area contributed by atoms with Crippen molar-refractivity contribution >= 4 is 34.8 Å². The van der Waals surface area contributed by atoms with Crippen LogP contribution in [0.5, 0.6) is 0 Å². The van der Waals surface area contributed by atoms with Crippen molar-refractivity contribution in [3.8, 4) is 0 Å². The fraction of sp³-hybridized carbons (Fsp3) is 0.300. The van der Waals surface area contributed by atoms with E-state index < -0.39 is 6.04 Å². The standard InChI is InChI=1S/C20H24ClN3O2/c1-4-15-7-5-6-8-18(15)23-19(25)13-24(3)14(2)20(26)22-17-11-9-16(21)10-12-17/h5-12,14H,4,13H2,1-3H3,(H,22,26)(H,23,25). The molecule has 26 heavy (non-hydrogen) atoms. The van der Waals surface area contributed by atoms with Crippen LogP contribution in [0.15, 0.2) is 48.5 Å². The van der Waals surface area contributed by atoms with Crippen LogP contribution in [0.2, 0.25) is 5.02 Å². The topological polar surface area (TPSA) is 61.4 Å². The van der Waals surface area contributed by atoms with E-state index in [0.29, 0.717) is 10.7 Å². The van der Waals surface area contributed by atoms with Gasteiger partial charge in [-0.05, 0) is 56.3 Å². The highest BCUT2D eigenvalue weighted by molar-refractivity contribution is 6.30. The minimum atomic E-state index is -0.460. The van der Waals surface area contributed by atoms with E-state index >= 15 is 0 Å². The van der Waals surface area contributed by atoms with Gasteiger partial charge in [0.1, 0.15) is 0 Å². The highest BCUT2D eigenvalue weighted by atomic mass is 35.5. The minimum absolute atomic E-state index is 0.118. The van der Waals surface area contributed by atoms with Crippen molar-refractivity contribution in [2.45, 2.75) is 26.3 Å². The molecule has 0 heterocycles. The summed E-state index contributed by atoms with van der Waals surface area (Å²) in [4.78, 5) is 26.4. The van der Waals surface area contributed by atoms with E-state index in [0.717, 1.165) is 17.7 Å². The Labute approximate surface area is 159 Å². The van der Waals surface area contributed by atoms with Gasteiger partial charge in [0.25, 0.3) is 0 Å². The van der Waals surface area contributed by atoms with Crippen LogP contribution in [-0.4, -0.2) is 36.3 Å². The first-order valence-corrected chi connectivity index (χ1v) is 8.93. The largest absolute Gasteiger partial charge is 0.325 e. The summed E-state index contributed by atoms with van der Waals surface area (Å²) in [5.41, 5.74) is 2.56. The molecule has 138 valence electrons. The summed E-state index contributed by atoms with van der Waals surface area (Å²) in [5.74, 6) is -0.337. The molecule has 0 radical (unpaired) electrons. The molecule has 0 aromatic heterocycles. The molecule has 0 bridgehead atoms. The maximum Gasteiger partial charge on any atom is 0.241 e. The lowest BCUT2D eigenvalue weighted by Gasteiger charge is -2.23. The molecule has 1 unspecified atom stereocenters. The first-order valence-electron chi connectivity index (χ1n) is 8.55. The predicted molar refractivity (Wildman–Crippen MR) is 107 cm³/mol. The van der Waals surface area contributed by atoms with E-state index in [1.807, 2.05) is 31.2 Å². The van der Waals surface area contributed by atoms with Crippen molar-refractivity contribution in [2.24, 2.45) is 0 Å². The number of nitrogens with zero attached hydrogens (tertiary/aromatic N) is 1. The second-order valence-corrected chi connectivity index (χ2v) is 6.58. The Hall–Kier alpha value is -2.37. The van der Waals surface area contributed by atoms with Gasteiger partial charge >= 0.3 is 0 Å². The molecule has 2 rings (SSSR count). The minimum Gasteiger partial charge on any atom is -0.325 e. The van der Waals surface area contributed by atoms with Gasteiger partial charge in [0, 0.05) is 16.4 Å². The summed E-state index contributed by atoms with van der Waals surface area (Å²) in [6.45, 7) is 3.92. The second kappa shape index (κ2) is 9.36. The first kappa shape index (κ1) is 19.9. The van der Waals surface area contributed by atoms with Crippen molar-refractivity contribution in [3.05, 3.63) is 59.1 Å². The maximum absolute atomic E-state index is 12.4. The Morgan fingerprint density at radius 3 is 2.38 bits per heavy atom. The predicted octanol–water partition coefficient (Wildman–Crippen LogP) is 3.80. The van der Waals surface area contributed by atoms with E-state index in [-0.39, 0.29) is 18.4 Å². The summed E-state index contributed by atoms with van der Waals surface area (Å²) in [5, 5.41) is 6.34. The lowest BCUT2D eigenvalue weighted by atomic mass is 10.1. The number of hydrogen-bond acceptors (Lipinski definition) is 3. The van der Waals surface area contributed by atoms with E-state index in [2.05, 4.69) is 10.6 Å². The van der Waals surface area contributed by atoms with Crippen molar-refractivity contribution in [3.63, 3.8) is 0 Å².